The van der Waals surface area contributed by atoms with Crippen LogP contribution in [0.4, 0.5) is 16.2 Å². The average Bonchev–Trinajstić information content (AvgIpc) is 2.48. The van der Waals surface area contributed by atoms with Crippen molar-refractivity contribution in [2.24, 2.45) is 0 Å². The van der Waals surface area contributed by atoms with Crippen LogP contribution in [0.25, 0.3) is 0 Å². The Labute approximate surface area is 134 Å². The van der Waals surface area contributed by atoms with Crippen molar-refractivity contribution in [1.29, 1.82) is 0 Å². The number of anilines is 2. The highest BCUT2D eigenvalue weighted by atomic mass is 35.5. The van der Waals surface area contributed by atoms with Gasteiger partial charge in [0, 0.05) is 12.6 Å². The lowest BCUT2D eigenvalue weighted by molar-refractivity contribution is -0.118. The maximum Gasteiger partial charge on any atom is 0.319 e. The summed E-state index contributed by atoms with van der Waals surface area (Å²) < 4.78 is 5.30. The number of carbonyl (C=O) groups is 2. The van der Waals surface area contributed by atoms with Crippen molar-refractivity contribution in [3.63, 3.8) is 0 Å². The third kappa shape index (κ3) is 4.53. The normalized spacial score (nSPS) is 12.9. The molecule has 3 N–H and O–H groups in total. The van der Waals surface area contributed by atoms with E-state index in [1.807, 2.05) is 0 Å². The number of hydrogen-bond acceptors (Lipinski definition) is 3. The summed E-state index contributed by atoms with van der Waals surface area (Å²) in [6.45, 7) is 2.72. The first-order valence-electron chi connectivity index (χ1n) is 7.41. The summed E-state index contributed by atoms with van der Waals surface area (Å²) in [5.41, 5.74) is 0.953. The highest BCUT2D eigenvalue weighted by molar-refractivity contribution is 6.34. The van der Waals surface area contributed by atoms with Gasteiger partial charge in [-0.05, 0) is 12.5 Å². The molecule has 1 aliphatic rings. The standard InChI is InChI=1S/C15H20ClN3O3/c1-2-3-4-5-6-17-15(21)19-11-8-13-12(7-10(11)16)18-14(20)9-22-13/h7-8H,2-6,9H2,1H3,(H,18,20)(H2,17,19,21). The fraction of sp³-hybridized carbons (Fsp3) is 0.467. The average molecular weight is 326 g/mol. The molecular formula is C15H20ClN3O3. The smallest absolute Gasteiger partial charge is 0.319 e. The zero-order valence-corrected chi connectivity index (χ0v) is 13.3. The van der Waals surface area contributed by atoms with Crippen molar-refractivity contribution in [2.75, 3.05) is 23.8 Å². The van der Waals surface area contributed by atoms with E-state index >= 15 is 0 Å². The van der Waals surface area contributed by atoms with E-state index in [-0.39, 0.29) is 18.5 Å². The summed E-state index contributed by atoms with van der Waals surface area (Å²) in [6.07, 6.45) is 4.38. The van der Waals surface area contributed by atoms with E-state index in [9.17, 15) is 9.59 Å². The molecule has 0 spiro atoms. The summed E-state index contributed by atoms with van der Waals surface area (Å²) in [5.74, 6) is 0.261. The molecule has 0 unspecified atom stereocenters. The van der Waals surface area contributed by atoms with Crippen molar-refractivity contribution in [3.05, 3.63) is 17.2 Å². The minimum atomic E-state index is -0.307. The van der Waals surface area contributed by atoms with Crippen molar-refractivity contribution in [2.45, 2.75) is 32.6 Å². The van der Waals surface area contributed by atoms with Gasteiger partial charge in [0.25, 0.3) is 5.91 Å². The molecule has 22 heavy (non-hydrogen) atoms. The lowest BCUT2D eigenvalue weighted by Crippen LogP contribution is -2.30. The molecule has 1 aromatic rings. The number of unbranched alkanes of at least 4 members (excludes halogenated alkanes) is 3. The van der Waals surface area contributed by atoms with E-state index in [1.165, 1.54) is 6.42 Å². The number of carbonyl (C=O) groups excluding carboxylic acids is 2. The van der Waals surface area contributed by atoms with E-state index in [2.05, 4.69) is 22.9 Å². The van der Waals surface area contributed by atoms with Crippen molar-refractivity contribution >= 4 is 34.9 Å². The molecule has 0 atom stereocenters. The van der Waals surface area contributed by atoms with Crippen LogP contribution in [0.5, 0.6) is 5.75 Å². The van der Waals surface area contributed by atoms with E-state index in [0.29, 0.717) is 28.7 Å². The Morgan fingerprint density at radius 3 is 2.95 bits per heavy atom. The zero-order chi connectivity index (χ0) is 15.9. The lowest BCUT2D eigenvalue weighted by Gasteiger charge is -2.19. The fourth-order valence-corrected chi connectivity index (χ4v) is 2.33. The van der Waals surface area contributed by atoms with Gasteiger partial charge in [-0.3, -0.25) is 4.79 Å². The van der Waals surface area contributed by atoms with Crippen LogP contribution in [0.2, 0.25) is 5.02 Å². The van der Waals surface area contributed by atoms with Gasteiger partial charge in [-0.2, -0.15) is 0 Å². The maximum atomic E-state index is 11.8. The van der Waals surface area contributed by atoms with Gasteiger partial charge in [-0.1, -0.05) is 37.8 Å². The second-order valence-corrected chi connectivity index (χ2v) is 5.51. The first-order chi connectivity index (χ1) is 10.6. The molecule has 7 heteroatoms. The SMILES string of the molecule is CCCCCCNC(=O)Nc1cc2c(cc1Cl)NC(=O)CO2. The number of rotatable bonds is 6. The quantitative estimate of drug-likeness (QED) is 0.701. The number of amides is 3. The molecular weight excluding hydrogens is 306 g/mol. The lowest BCUT2D eigenvalue weighted by atomic mass is 10.2. The number of halogens is 1. The third-order valence-electron chi connectivity index (χ3n) is 3.27. The Morgan fingerprint density at radius 1 is 1.36 bits per heavy atom. The van der Waals surface area contributed by atoms with Gasteiger partial charge in [0.1, 0.15) is 5.75 Å². The van der Waals surface area contributed by atoms with Crippen molar-refractivity contribution in [1.82, 2.24) is 5.32 Å². The second kappa shape index (κ2) is 7.89. The molecule has 120 valence electrons. The first kappa shape index (κ1) is 16.4. The third-order valence-corrected chi connectivity index (χ3v) is 3.58. The number of nitrogens with one attached hydrogen (secondary N) is 3. The molecule has 6 nitrogen and oxygen atoms in total. The number of fused-ring (bicyclic) bond motifs is 1. The van der Waals surface area contributed by atoms with E-state index in [1.54, 1.807) is 12.1 Å². The van der Waals surface area contributed by atoms with Gasteiger partial charge in [0.05, 0.1) is 16.4 Å². The van der Waals surface area contributed by atoms with Gasteiger partial charge < -0.3 is 20.7 Å². The van der Waals surface area contributed by atoms with Crippen molar-refractivity contribution in [3.8, 4) is 5.75 Å². The van der Waals surface area contributed by atoms with E-state index < -0.39 is 0 Å². The molecule has 1 aromatic carbocycles. The Bertz CT molecular complexity index is 563. The van der Waals surface area contributed by atoms with Crippen LogP contribution in [0, 0.1) is 0 Å². The van der Waals surface area contributed by atoms with Gasteiger partial charge in [-0.15, -0.1) is 0 Å². The first-order valence-corrected chi connectivity index (χ1v) is 7.79. The summed E-state index contributed by atoms with van der Waals surface area (Å²) in [4.78, 5) is 23.1. The van der Waals surface area contributed by atoms with Gasteiger partial charge >= 0.3 is 6.03 Å². The van der Waals surface area contributed by atoms with Crippen LogP contribution in [0.15, 0.2) is 12.1 Å². The van der Waals surface area contributed by atoms with Crippen LogP contribution in [-0.4, -0.2) is 25.1 Å². The molecule has 0 saturated carbocycles. The van der Waals surface area contributed by atoms with Gasteiger partial charge in [-0.25, -0.2) is 4.79 Å². The van der Waals surface area contributed by atoms with E-state index in [0.717, 1.165) is 19.3 Å². The minimum absolute atomic E-state index is 0.0440. The molecule has 0 bridgehead atoms. The molecule has 0 fully saturated rings. The molecule has 0 saturated heterocycles. The molecule has 0 aliphatic carbocycles. The van der Waals surface area contributed by atoms with Crippen molar-refractivity contribution < 1.29 is 14.3 Å². The number of hydrogen-bond donors (Lipinski definition) is 3. The summed E-state index contributed by atoms with van der Waals surface area (Å²) in [5, 5.41) is 8.47. The highest BCUT2D eigenvalue weighted by Gasteiger charge is 2.18. The highest BCUT2D eigenvalue weighted by Crippen LogP contribution is 2.36. The number of urea groups is 1. The Balaban J connectivity index is 1.90. The minimum Gasteiger partial charge on any atom is -0.482 e. The van der Waals surface area contributed by atoms with E-state index in [4.69, 9.17) is 16.3 Å². The zero-order valence-electron chi connectivity index (χ0n) is 12.5. The maximum absolute atomic E-state index is 11.8. The molecule has 1 heterocycles. The molecule has 0 aromatic heterocycles. The second-order valence-electron chi connectivity index (χ2n) is 5.11. The van der Waals surface area contributed by atoms with Gasteiger partial charge in [0.15, 0.2) is 6.61 Å². The summed E-state index contributed by atoms with van der Waals surface area (Å²) in [7, 11) is 0. The largest absolute Gasteiger partial charge is 0.482 e. The van der Waals surface area contributed by atoms with Crippen LogP contribution in [-0.2, 0) is 4.79 Å². The van der Waals surface area contributed by atoms with Crippen LogP contribution >= 0.6 is 11.6 Å². The topological polar surface area (TPSA) is 79.5 Å². The monoisotopic (exact) mass is 325 g/mol. The number of ether oxygens (including phenoxy) is 1. The predicted octanol–water partition coefficient (Wildman–Crippen LogP) is 3.37. The van der Waals surface area contributed by atoms with Crippen LogP contribution in [0.1, 0.15) is 32.6 Å². The van der Waals surface area contributed by atoms with Gasteiger partial charge in [0.2, 0.25) is 0 Å². The Kier molecular flexibility index (Phi) is 5.89. The Morgan fingerprint density at radius 2 is 2.18 bits per heavy atom. The summed E-state index contributed by atoms with van der Waals surface area (Å²) >= 11 is 6.11. The fourth-order valence-electron chi connectivity index (χ4n) is 2.12. The Hall–Kier alpha value is -1.95. The molecule has 0 radical (unpaired) electrons. The number of benzene rings is 1. The predicted molar refractivity (Wildman–Crippen MR) is 86.7 cm³/mol. The molecule has 3 amide bonds. The van der Waals surface area contributed by atoms with Crippen LogP contribution < -0.4 is 20.7 Å². The molecule has 2 rings (SSSR count). The summed E-state index contributed by atoms with van der Waals surface area (Å²) in [6, 6.07) is 2.86. The molecule has 1 aliphatic heterocycles. The van der Waals surface area contributed by atoms with Crippen LogP contribution in [0.3, 0.4) is 0 Å².